The van der Waals surface area contributed by atoms with Crippen LogP contribution in [0.5, 0.6) is 5.75 Å². The number of hydrogen-bond acceptors (Lipinski definition) is 3. The predicted octanol–water partition coefficient (Wildman–Crippen LogP) is 4.65. The van der Waals surface area contributed by atoms with E-state index >= 15 is 0 Å². The van der Waals surface area contributed by atoms with Crippen molar-refractivity contribution in [2.75, 3.05) is 20.2 Å². The molecule has 3 nitrogen and oxygen atoms in total. The topological polar surface area (TPSA) is 29.5 Å². The molecule has 2 bridgehead atoms. The maximum absolute atomic E-state index is 13.0. The van der Waals surface area contributed by atoms with Gasteiger partial charge in [0.05, 0.1) is 7.11 Å². The lowest BCUT2D eigenvalue weighted by atomic mass is 9.47. The van der Waals surface area contributed by atoms with Gasteiger partial charge in [0.25, 0.3) is 0 Å². The molecule has 1 aromatic rings. The van der Waals surface area contributed by atoms with Crippen LogP contribution in [0.1, 0.15) is 57.1 Å². The van der Waals surface area contributed by atoms with Gasteiger partial charge in [0.1, 0.15) is 11.5 Å². The Morgan fingerprint density at radius 2 is 2.04 bits per heavy atom. The zero-order chi connectivity index (χ0) is 18.8. The minimum atomic E-state index is 0. The van der Waals surface area contributed by atoms with E-state index in [1.807, 2.05) is 0 Å². The summed E-state index contributed by atoms with van der Waals surface area (Å²) in [5.74, 6) is 3.57. The highest BCUT2D eigenvalue weighted by Gasteiger charge is 2.59. The molecule has 1 aromatic carbocycles. The second-order valence-electron chi connectivity index (χ2n) is 9.81. The number of benzene rings is 1. The Bertz CT molecular complexity index is 761. The molecule has 0 radical (unpaired) electrons. The number of nitrogens with zero attached hydrogens (tertiary/aromatic N) is 1. The molecular weight excluding hydrogens is 370 g/mol. The Morgan fingerprint density at radius 3 is 2.71 bits per heavy atom. The fraction of sp³-hybridized carbons (Fsp3) is 0.708. The number of likely N-dealkylation sites (tertiary alicyclic amines) is 1. The Hall–Kier alpha value is -1.06. The first kappa shape index (κ1) is 20.2. The smallest absolute Gasteiger partial charge is 0.136 e. The van der Waals surface area contributed by atoms with E-state index in [9.17, 15) is 4.79 Å². The lowest BCUT2D eigenvalue weighted by Gasteiger charge is -2.62. The Kier molecular flexibility index (Phi) is 5.29. The molecule has 3 aliphatic carbocycles. The van der Waals surface area contributed by atoms with Gasteiger partial charge in [-0.15, -0.1) is 12.4 Å². The molecule has 3 fully saturated rings. The summed E-state index contributed by atoms with van der Waals surface area (Å²) in [7, 11) is 1.75. The van der Waals surface area contributed by atoms with Crippen molar-refractivity contribution in [1.29, 1.82) is 0 Å². The van der Waals surface area contributed by atoms with Crippen LogP contribution in [0, 0.1) is 23.7 Å². The van der Waals surface area contributed by atoms with Gasteiger partial charge in [-0.1, -0.05) is 26.3 Å². The zero-order valence-electron chi connectivity index (χ0n) is 17.4. The van der Waals surface area contributed by atoms with Gasteiger partial charge in [-0.2, -0.15) is 0 Å². The number of halogens is 1. The van der Waals surface area contributed by atoms with Crippen LogP contribution < -0.4 is 4.74 Å². The van der Waals surface area contributed by atoms with Crippen LogP contribution in [-0.4, -0.2) is 36.9 Å². The highest BCUT2D eigenvalue weighted by atomic mass is 35.5. The number of hydrogen-bond donors (Lipinski definition) is 0. The number of carbonyl (C=O) groups is 1. The van der Waals surface area contributed by atoms with Crippen molar-refractivity contribution in [2.45, 2.75) is 63.8 Å². The molecule has 0 spiro atoms. The predicted molar refractivity (Wildman–Crippen MR) is 114 cm³/mol. The van der Waals surface area contributed by atoms with Crippen molar-refractivity contribution in [3.05, 3.63) is 29.3 Å². The number of ketones is 1. The van der Waals surface area contributed by atoms with Crippen molar-refractivity contribution < 1.29 is 9.53 Å². The molecule has 1 heterocycles. The van der Waals surface area contributed by atoms with E-state index < -0.39 is 0 Å². The Labute approximate surface area is 175 Å². The number of methoxy groups -OCH3 is 1. The minimum Gasteiger partial charge on any atom is -0.497 e. The van der Waals surface area contributed by atoms with E-state index in [0.29, 0.717) is 23.7 Å². The summed E-state index contributed by atoms with van der Waals surface area (Å²) in [6.07, 6.45) is 7.25. The average Bonchev–Trinajstić information content (AvgIpc) is 2.63. The summed E-state index contributed by atoms with van der Waals surface area (Å²) in [6, 6.07) is 7.25. The van der Waals surface area contributed by atoms with E-state index in [4.69, 9.17) is 4.74 Å². The summed E-state index contributed by atoms with van der Waals surface area (Å²) >= 11 is 0. The minimum absolute atomic E-state index is 0. The van der Waals surface area contributed by atoms with Crippen molar-refractivity contribution in [2.24, 2.45) is 23.7 Å². The molecule has 28 heavy (non-hydrogen) atoms. The van der Waals surface area contributed by atoms with Gasteiger partial charge in [-0.25, -0.2) is 0 Å². The van der Waals surface area contributed by atoms with Crippen molar-refractivity contribution in [1.82, 2.24) is 4.90 Å². The monoisotopic (exact) mass is 403 g/mol. The van der Waals surface area contributed by atoms with Gasteiger partial charge in [-0.3, -0.25) is 9.69 Å². The van der Waals surface area contributed by atoms with Gasteiger partial charge in [0, 0.05) is 30.3 Å². The molecule has 154 valence electrons. The Morgan fingerprint density at radius 1 is 1.25 bits per heavy atom. The average molecular weight is 404 g/mol. The van der Waals surface area contributed by atoms with Crippen LogP contribution in [0.4, 0.5) is 0 Å². The Balaban J connectivity index is 0.00000192. The van der Waals surface area contributed by atoms with Crippen LogP contribution in [0.25, 0.3) is 0 Å². The standard InChI is InChI=1S/C24H33NO2.ClH/c1-15-16(2)23-21-11-18-7-8-19(27-3)12-20(18)24(23,13-22(15)26)9-10-25(21)14-17-5-4-6-17;/h7-8,12,15-17,21,23H,4-6,9-11,13-14H2,1-3H3;1H/t15?,16?,21-,23+,24-;/m1./s1. The van der Waals surface area contributed by atoms with Crippen LogP contribution in [0.15, 0.2) is 18.2 Å². The number of piperidine rings is 1. The molecule has 1 aliphatic heterocycles. The first-order chi connectivity index (χ1) is 13.0. The van der Waals surface area contributed by atoms with Crippen molar-refractivity contribution in [3.8, 4) is 5.75 Å². The van der Waals surface area contributed by atoms with Crippen molar-refractivity contribution in [3.63, 3.8) is 0 Å². The van der Waals surface area contributed by atoms with Crippen LogP contribution in [0.3, 0.4) is 0 Å². The number of carbonyl (C=O) groups excluding carboxylic acids is 1. The normalized spacial score (nSPS) is 37.3. The molecule has 5 rings (SSSR count). The second-order valence-corrected chi connectivity index (χ2v) is 9.81. The molecule has 4 aliphatic rings. The molecule has 0 amide bonds. The highest BCUT2D eigenvalue weighted by Crippen LogP contribution is 2.58. The summed E-state index contributed by atoms with van der Waals surface area (Å²) < 4.78 is 5.57. The molecule has 0 N–H and O–H groups in total. The van der Waals surface area contributed by atoms with E-state index in [-0.39, 0.29) is 23.7 Å². The van der Waals surface area contributed by atoms with Crippen molar-refractivity contribution >= 4 is 18.2 Å². The maximum Gasteiger partial charge on any atom is 0.136 e. The van der Waals surface area contributed by atoms with E-state index in [2.05, 4.69) is 36.9 Å². The summed E-state index contributed by atoms with van der Waals surface area (Å²) in [5, 5.41) is 0. The van der Waals surface area contributed by atoms with Gasteiger partial charge >= 0.3 is 0 Å². The van der Waals surface area contributed by atoms with Gasteiger partial charge in [0.15, 0.2) is 0 Å². The van der Waals surface area contributed by atoms with E-state index in [1.54, 1.807) is 7.11 Å². The fourth-order valence-corrected chi connectivity index (χ4v) is 6.86. The van der Waals surface area contributed by atoms with Crippen LogP contribution in [0.2, 0.25) is 0 Å². The zero-order valence-corrected chi connectivity index (χ0v) is 18.3. The number of ether oxygens (including phenoxy) is 1. The fourth-order valence-electron chi connectivity index (χ4n) is 6.86. The third-order valence-electron chi connectivity index (χ3n) is 8.72. The largest absolute Gasteiger partial charge is 0.497 e. The quantitative estimate of drug-likeness (QED) is 0.735. The second kappa shape index (κ2) is 7.32. The summed E-state index contributed by atoms with van der Waals surface area (Å²) in [5.41, 5.74) is 2.93. The first-order valence-corrected chi connectivity index (χ1v) is 11.0. The lowest BCUT2D eigenvalue weighted by Crippen LogP contribution is -2.65. The molecule has 4 heteroatoms. The van der Waals surface area contributed by atoms with Gasteiger partial charge in [0.2, 0.25) is 0 Å². The SMILES string of the molecule is COc1ccc2c(c1)[C@]13CCN(CC4CCC4)[C@H](C2)[C@@H]1C(C)C(C)C(=O)C3.Cl. The third-order valence-corrected chi connectivity index (χ3v) is 8.72. The maximum atomic E-state index is 13.0. The third kappa shape index (κ3) is 2.84. The number of Topliss-reactive ketones (excluding diaryl/α,β-unsaturated/α-hetero) is 1. The first-order valence-electron chi connectivity index (χ1n) is 11.0. The molecule has 5 atom stereocenters. The number of rotatable bonds is 3. The van der Waals surface area contributed by atoms with E-state index in [0.717, 1.165) is 37.5 Å². The molecular formula is C24H34ClNO2. The summed E-state index contributed by atoms with van der Waals surface area (Å²) in [6.45, 7) is 6.96. The molecule has 0 aromatic heterocycles. The number of fused-ring (bicyclic) bond motifs is 1. The lowest BCUT2D eigenvalue weighted by molar-refractivity contribution is -0.138. The van der Waals surface area contributed by atoms with Crippen LogP contribution >= 0.6 is 12.4 Å². The van der Waals surface area contributed by atoms with Crippen LogP contribution in [-0.2, 0) is 16.6 Å². The van der Waals surface area contributed by atoms with E-state index in [1.165, 1.54) is 36.9 Å². The van der Waals surface area contributed by atoms with Gasteiger partial charge in [-0.05, 0) is 73.2 Å². The summed E-state index contributed by atoms with van der Waals surface area (Å²) in [4.78, 5) is 15.8. The highest BCUT2D eigenvalue weighted by molar-refractivity contribution is 5.85. The molecule has 2 unspecified atom stereocenters. The molecule has 2 saturated carbocycles. The van der Waals surface area contributed by atoms with Gasteiger partial charge < -0.3 is 4.74 Å². The molecule has 1 saturated heterocycles.